The van der Waals surface area contributed by atoms with Gasteiger partial charge in [0.25, 0.3) is 0 Å². The molecule has 0 bridgehead atoms. The van der Waals surface area contributed by atoms with Crippen LogP contribution in [0.3, 0.4) is 0 Å². The lowest BCUT2D eigenvalue weighted by Gasteiger charge is -2.26. The van der Waals surface area contributed by atoms with Gasteiger partial charge in [-0.05, 0) is 86.9 Å². The van der Waals surface area contributed by atoms with E-state index in [0.717, 1.165) is 77.9 Å². The van der Waals surface area contributed by atoms with E-state index >= 15 is 0 Å². The zero-order valence-electron chi connectivity index (χ0n) is 30.0. The summed E-state index contributed by atoms with van der Waals surface area (Å²) >= 11 is 0. The molecule has 0 saturated carbocycles. The molecule has 258 valence electrons. The summed E-state index contributed by atoms with van der Waals surface area (Å²) in [6, 6.07) is 75.1. The second-order valence-corrected chi connectivity index (χ2v) is 13.8. The Morgan fingerprint density at radius 1 is 0.309 bits per heavy atom. The molecule has 0 spiro atoms. The van der Waals surface area contributed by atoms with E-state index in [1.54, 1.807) is 0 Å². The molecule has 0 amide bonds. The van der Waals surface area contributed by atoms with Crippen LogP contribution in [0.2, 0.25) is 0 Å². The lowest BCUT2D eigenvalue weighted by atomic mass is 9.95. The van der Waals surface area contributed by atoms with E-state index in [9.17, 15) is 0 Å². The van der Waals surface area contributed by atoms with Crippen molar-refractivity contribution in [2.24, 2.45) is 0 Å². The number of nitrogens with zero attached hydrogens (tertiary/aromatic N) is 3. The molecule has 0 atom stereocenters. The molecule has 3 heteroatoms. The second kappa shape index (κ2) is 13.9. The van der Waals surface area contributed by atoms with Gasteiger partial charge in [-0.3, -0.25) is 0 Å². The zero-order valence-corrected chi connectivity index (χ0v) is 30.0. The molecule has 0 saturated heterocycles. The Kier molecular flexibility index (Phi) is 8.16. The van der Waals surface area contributed by atoms with Crippen molar-refractivity contribution in [1.29, 1.82) is 0 Å². The lowest BCUT2D eigenvalue weighted by Crippen LogP contribution is -2.09. The van der Waals surface area contributed by atoms with Crippen LogP contribution < -0.4 is 4.90 Å². The Labute approximate surface area is 320 Å². The Balaban J connectivity index is 1.12. The first-order chi connectivity index (χ1) is 27.3. The van der Waals surface area contributed by atoms with Crippen molar-refractivity contribution in [2.75, 3.05) is 4.90 Å². The van der Waals surface area contributed by atoms with Gasteiger partial charge < -0.3 is 4.90 Å². The number of rotatable bonds is 7. The Bertz CT molecular complexity index is 2940. The fraction of sp³-hybridized carbons (Fsp3) is 0. The smallest absolute Gasteiger partial charge is 0.0979 e. The monoisotopic (exact) mass is 701 g/mol. The lowest BCUT2D eigenvalue weighted by molar-refractivity contribution is 1.28. The van der Waals surface area contributed by atoms with Crippen molar-refractivity contribution in [1.82, 2.24) is 9.97 Å². The third-order valence-electron chi connectivity index (χ3n) is 10.4. The first kappa shape index (κ1) is 32.3. The quantitative estimate of drug-likeness (QED) is 0.155. The number of aromatic nitrogens is 2. The van der Waals surface area contributed by atoms with Gasteiger partial charge in [0.05, 0.1) is 22.4 Å². The van der Waals surface area contributed by atoms with Crippen LogP contribution in [-0.4, -0.2) is 9.97 Å². The Morgan fingerprint density at radius 3 is 1.47 bits per heavy atom. The molecule has 0 N–H and O–H groups in total. The van der Waals surface area contributed by atoms with E-state index in [-0.39, 0.29) is 0 Å². The largest absolute Gasteiger partial charge is 0.310 e. The molecular weight excluding hydrogens is 667 g/mol. The van der Waals surface area contributed by atoms with Gasteiger partial charge in [-0.25, -0.2) is 9.97 Å². The summed E-state index contributed by atoms with van der Waals surface area (Å²) in [6.07, 6.45) is 0. The molecule has 3 nitrogen and oxygen atoms in total. The third-order valence-corrected chi connectivity index (χ3v) is 10.4. The topological polar surface area (TPSA) is 29.0 Å². The van der Waals surface area contributed by atoms with E-state index < -0.39 is 0 Å². The van der Waals surface area contributed by atoms with Crippen LogP contribution in [0, 0.1) is 0 Å². The van der Waals surface area contributed by atoms with Crippen LogP contribution in [0.15, 0.2) is 212 Å². The van der Waals surface area contributed by atoms with Crippen LogP contribution in [-0.2, 0) is 0 Å². The number of para-hydroxylation sites is 1. The van der Waals surface area contributed by atoms with Gasteiger partial charge in [0.1, 0.15) is 0 Å². The van der Waals surface area contributed by atoms with E-state index in [2.05, 4.69) is 205 Å². The molecule has 10 rings (SSSR count). The predicted octanol–water partition coefficient (Wildman–Crippen LogP) is 14.1. The molecule has 0 aliphatic heterocycles. The van der Waals surface area contributed by atoms with E-state index in [0.29, 0.717) is 0 Å². The van der Waals surface area contributed by atoms with Gasteiger partial charge in [0, 0.05) is 33.6 Å². The maximum atomic E-state index is 5.46. The summed E-state index contributed by atoms with van der Waals surface area (Å²) in [5, 5.41) is 4.57. The Hall–Kier alpha value is -7.36. The molecule has 1 aromatic heterocycles. The molecule has 9 aromatic carbocycles. The molecule has 55 heavy (non-hydrogen) atoms. The van der Waals surface area contributed by atoms with Crippen LogP contribution in [0.5, 0.6) is 0 Å². The van der Waals surface area contributed by atoms with Crippen molar-refractivity contribution < 1.29 is 0 Å². The normalized spacial score (nSPS) is 11.3. The highest BCUT2D eigenvalue weighted by atomic mass is 15.1. The first-order valence-electron chi connectivity index (χ1n) is 18.7. The molecule has 0 radical (unpaired) electrons. The van der Waals surface area contributed by atoms with Crippen molar-refractivity contribution in [3.05, 3.63) is 212 Å². The van der Waals surface area contributed by atoms with Crippen molar-refractivity contribution in [3.8, 4) is 44.8 Å². The summed E-state index contributed by atoms with van der Waals surface area (Å²) in [5.41, 5.74) is 13.6. The van der Waals surface area contributed by atoms with Gasteiger partial charge in [0.15, 0.2) is 0 Å². The number of hydrogen-bond donors (Lipinski definition) is 0. The fourth-order valence-corrected chi connectivity index (χ4v) is 7.71. The van der Waals surface area contributed by atoms with Crippen LogP contribution >= 0.6 is 0 Å². The zero-order chi connectivity index (χ0) is 36.6. The summed E-state index contributed by atoms with van der Waals surface area (Å²) < 4.78 is 0. The highest BCUT2D eigenvalue weighted by Crippen LogP contribution is 2.40. The maximum absolute atomic E-state index is 5.46. The SMILES string of the molecule is c1ccc(-c2ccc(N(c3ccccc3)c3cccc(-c4ccc5ccc6ccc7nc(-c8ccccc8)c(-c8ccccc8)nc7c6c5c4)c3)cc2)cc1. The highest BCUT2D eigenvalue weighted by molar-refractivity contribution is 6.19. The van der Waals surface area contributed by atoms with Crippen LogP contribution in [0.25, 0.3) is 77.3 Å². The number of fused-ring (bicyclic) bond motifs is 5. The Morgan fingerprint density at radius 2 is 0.782 bits per heavy atom. The molecule has 0 fully saturated rings. The van der Waals surface area contributed by atoms with Crippen molar-refractivity contribution >= 4 is 49.6 Å². The minimum Gasteiger partial charge on any atom is -0.310 e. The maximum Gasteiger partial charge on any atom is 0.0979 e. The summed E-state index contributed by atoms with van der Waals surface area (Å²) in [4.78, 5) is 13.1. The van der Waals surface area contributed by atoms with E-state index in [1.807, 2.05) is 12.1 Å². The molecule has 10 aromatic rings. The predicted molar refractivity (Wildman–Crippen MR) is 231 cm³/mol. The van der Waals surface area contributed by atoms with E-state index in [1.165, 1.54) is 16.5 Å². The van der Waals surface area contributed by atoms with Crippen LogP contribution in [0.1, 0.15) is 0 Å². The van der Waals surface area contributed by atoms with Gasteiger partial charge in [0.2, 0.25) is 0 Å². The summed E-state index contributed by atoms with van der Waals surface area (Å²) in [7, 11) is 0. The number of anilines is 3. The molecule has 0 aliphatic rings. The number of benzene rings is 9. The fourth-order valence-electron chi connectivity index (χ4n) is 7.71. The molecule has 0 unspecified atom stereocenters. The standard InChI is InChI=1S/C52H35N3/c1-5-14-36(15-6-1)37-28-31-45(32-29-37)55(44-21-11-4-12-22-44)46-23-13-20-42(34-46)43-27-25-38-24-26-39-30-33-48-52(49(39)47(38)35-43)54-51(41-18-9-3-10-19-41)50(53-48)40-16-7-2-8-17-40/h1-35H. The van der Waals surface area contributed by atoms with Crippen LogP contribution in [0.4, 0.5) is 17.1 Å². The van der Waals surface area contributed by atoms with Gasteiger partial charge in [-0.15, -0.1) is 0 Å². The average molecular weight is 702 g/mol. The minimum atomic E-state index is 0.878. The van der Waals surface area contributed by atoms with Crippen molar-refractivity contribution in [2.45, 2.75) is 0 Å². The molecular formula is C52H35N3. The van der Waals surface area contributed by atoms with Gasteiger partial charge in [-0.2, -0.15) is 0 Å². The highest BCUT2D eigenvalue weighted by Gasteiger charge is 2.17. The van der Waals surface area contributed by atoms with Gasteiger partial charge >= 0.3 is 0 Å². The minimum absolute atomic E-state index is 0.878. The number of hydrogen-bond acceptors (Lipinski definition) is 3. The average Bonchev–Trinajstić information content (AvgIpc) is 3.27. The summed E-state index contributed by atoms with van der Waals surface area (Å²) in [6.45, 7) is 0. The molecule has 1 heterocycles. The third kappa shape index (κ3) is 6.08. The second-order valence-electron chi connectivity index (χ2n) is 13.8. The van der Waals surface area contributed by atoms with E-state index in [4.69, 9.17) is 9.97 Å². The molecule has 0 aliphatic carbocycles. The first-order valence-corrected chi connectivity index (χ1v) is 18.7. The van der Waals surface area contributed by atoms with Gasteiger partial charge in [-0.1, -0.05) is 164 Å². The van der Waals surface area contributed by atoms with Crippen molar-refractivity contribution in [3.63, 3.8) is 0 Å². The summed E-state index contributed by atoms with van der Waals surface area (Å²) in [5.74, 6) is 0.